The van der Waals surface area contributed by atoms with E-state index in [1.54, 1.807) is 18.2 Å². The Morgan fingerprint density at radius 3 is 2.81 bits per heavy atom. The lowest BCUT2D eigenvalue weighted by atomic mass is 9.92. The van der Waals surface area contributed by atoms with E-state index in [1.165, 1.54) is 0 Å². The van der Waals surface area contributed by atoms with Gasteiger partial charge in [0.1, 0.15) is 5.69 Å². The molecule has 0 amide bonds. The number of hydrogen-bond donors (Lipinski definition) is 1. The average Bonchev–Trinajstić information content (AvgIpc) is 2.48. The molecule has 1 aliphatic heterocycles. The minimum Gasteiger partial charge on any atom is -0.487 e. The summed E-state index contributed by atoms with van der Waals surface area (Å²) in [5, 5.41) is 14.6. The molecule has 6 nitrogen and oxygen atoms in total. The number of rotatable bonds is 6. The van der Waals surface area contributed by atoms with E-state index in [2.05, 4.69) is 12.2 Å². The highest BCUT2D eigenvalue weighted by Gasteiger charge is 2.25. The van der Waals surface area contributed by atoms with Crippen LogP contribution in [0.1, 0.15) is 26.7 Å². The highest BCUT2D eigenvalue weighted by atomic mass is 16.6. The monoisotopic (exact) mass is 294 g/mol. The van der Waals surface area contributed by atoms with Crippen molar-refractivity contribution in [3.05, 3.63) is 28.3 Å². The third kappa shape index (κ3) is 3.85. The lowest BCUT2D eigenvalue weighted by molar-refractivity contribution is -0.385. The Bertz CT molecular complexity index is 487. The van der Waals surface area contributed by atoms with Crippen molar-refractivity contribution in [1.29, 1.82) is 0 Å². The van der Waals surface area contributed by atoms with E-state index in [0.29, 0.717) is 24.0 Å². The van der Waals surface area contributed by atoms with Gasteiger partial charge >= 0.3 is 5.69 Å². The molecule has 0 aliphatic carbocycles. The van der Waals surface area contributed by atoms with Gasteiger partial charge in [-0.2, -0.15) is 0 Å². The van der Waals surface area contributed by atoms with Gasteiger partial charge in [-0.15, -0.1) is 0 Å². The van der Waals surface area contributed by atoms with Gasteiger partial charge in [0.2, 0.25) is 0 Å². The first kappa shape index (κ1) is 15.6. The molecule has 21 heavy (non-hydrogen) atoms. The first-order valence-corrected chi connectivity index (χ1v) is 7.38. The van der Waals surface area contributed by atoms with Crippen LogP contribution in [0.3, 0.4) is 0 Å². The molecular weight excluding hydrogens is 272 g/mol. The molecule has 1 aromatic rings. The van der Waals surface area contributed by atoms with E-state index >= 15 is 0 Å². The number of nitrogens with zero attached hydrogens (tertiary/aromatic N) is 1. The molecule has 2 rings (SSSR count). The van der Waals surface area contributed by atoms with Crippen molar-refractivity contribution < 1.29 is 14.4 Å². The van der Waals surface area contributed by atoms with Gasteiger partial charge in [0.25, 0.3) is 0 Å². The van der Waals surface area contributed by atoms with Crippen molar-refractivity contribution in [2.45, 2.75) is 32.7 Å². The molecule has 1 heterocycles. The Kier molecular flexibility index (Phi) is 5.38. The maximum Gasteiger partial charge on any atom is 0.333 e. The number of anilines is 1. The summed E-state index contributed by atoms with van der Waals surface area (Å²) in [6.45, 7) is 5.80. The standard InChI is InChI=1S/C15H22N2O4/c1-3-21-14-6-4-5-13(15(14)17(18)19)16-11(2)12-7-9-20-10-8-12/h4-6,11-12,16H,3,7-10H2,1-2H3. The van der Waals surface area contributed by atoms with Crippen LogP contribution in [0.2, 0.25) is 0 Å². The minimum absolute atomic E-state index is 0.0123. The summed E-state index contributed by atoms with van der Waals surface area (Å²) in [6.07, 6.45) is 1.96. The number of para-hydroxylation sites is 1. The molecule has 116 valence electrons. The quantitative estimate of drug-likeness (QED) is 0.644. The van der Waals surface area contributed by atoms with Crippen molar-refractivity contribution >= 4 is 11.4 Å². The van der Waals surface area contributed by atoms with Crippen LogP contribution in [0.5, 0.6) is 5.75 Å². The number of hydrogen-bond acceptors (Lipinski definition) is 5. The molecule has 1 saturated heterocycles. The van der Waals surface area contributed by atoms with Crippen molar-refractivity contribution in [1.82, 2.24) is 0 Å². The third-order valence-electron chi connectivity index (χ3n) is 3.84. The van der Waals surface area contributed by atoms with Gasteiger partial charge in [-0.25, -0.2) is 0 Å². The normalized spacial score (nSPS) is 17.2. The topological polar surface area (TPSA) is 73.6 Å². The largest absolute Gasteiger partial charge is 0.487 e. The number of nitro groups is 1. The Balaban J connectivity index is 2.18. The van der Waals surface area contributed by atoms with Gasteiger partial charge in [0.05, 0.1) is 11.5 Å². The predicted molar refractivity (Wildman–Crippen MR) is 80.9 cm³/mol. The fraction of sp³-hybridized carbons (Fsp3) is 0.600. The summed E-state index contributed by atoms with van der Waals surface area (Å²) in [6, 6.07) is 5.30. The average molecular weight is 294 g/mol. The van der Waals surface area contributed by atoms with Gasteiger partial charge in [-0.05, 0) is 44.7 Å². The molecular formula is C15H22N2O4. The minimum atomic E-state index is -0.385. The first-order valence-electron chi connectivity index (χ1n) is 7.38. The number of ether oxygens (including phenoxy) is 2. The summed E-state index contributed by atoms with van der Waals surface area (Å²) in [4.78, 5) is 11.0. The van der Waals surface area contributed by atoms with Crippen LogP contribution in [0, 0.1) is 16.0 Å². The molecule has 0 saturated carbocycles. The molecule has 1 N–H and O–H groups in total. The van der Waals surface area contributed by atoms with Crippen molar-refractivity contribution in [3.63, 3.8) is 0 Å². The predicted octanol–water partition coefficient (Wildman–Crippen LogP) is 3.22. The van der Waals surface area contributed by atoms with Gasteiger partial charge in [0, 0.05) is 19.3 Å². The summed E-state index contributed by atoms with van der Waals surface area (Å²) < 4.78 is 10.7. The van der Waals surface area contributed by atoms with Gasteiger partial charge in [-0.1, -0.05) is 6.07 Å². The fourth-order valence-electron chi connectivity index (χ4n) is 2.68. The molecule has 1 aromatic carbocycles. The third-order valence-corrected chi connectivity index (χ3v) is 3.84. The molecule has 0 radical (unpaired) electrons. The second-order valence-electron chi connectivity index (χ2n) is 5.23. The zero-order chi connectivity index (χ0) is 15.2. The Labute approximate surface area is 124 Å². The van der Waals surface area contributed by atoms with E-state index in [0.717, 1.165) is 26.1 Å². The molecule has 1 fully saturated rings. The highest BCUT2D eigenvalue weighted by Crippen LogP contribution is 2.36. The van der Waals surface area contributed by atoms with Gasteiger partial charge in [-0.3, -0.25) is 10.1 Å². The Hall–Kier alpha value is -1.82. The van der Waals surface area contributed by atoms with Gasteiger partial charge < -0.3 is 14.8 Å². The summed E-state index contributed by atoms with van der Waals surface area (Å²) in [5.74, 6) is 0.779. The summed E-state index contributed by atoms with van der Waals surface area (Å²) in [7, 11) is 0. The van der Waals surface area contributed by atoms with E-state index in [1.807, 2.05) is 6.92 Å². The van der Waals surface area contributed by atoms with Crippen molar-refractivity contribution in [3.8, 4) is 5.75 Å². The van der Waals surface area contributed by atoms with E-state index in [4.69, 9.17) is 9.47 Å². The van der Waals surface area contributed by atoms with Crippen molar-refractivity contribution in [2.75, 3.05) is 25.1 Å². The molecule has 1 atom stereocenters. The van der Waals surface area contributed by atoms with Gasteiger partial charge in [0.15, 0.2) is 5.75 Å². The molecule has 0 spiro atoms. The van der Waals surface area contributed by atoms with Crippen LogP contribution in [0.4, 0.5) is 11.4 Å². The lowest BCUT2D eigenvalue weighted by Crippen LogP contribution is -2.31. The Morgan fingerprint density at radius 1 is 1.48 bits per heavy atom. The molecule has 0 aromatic heterocycles. The highest BCUT2D eigenvalue weighted by molar-refractivity contribution is 5.68. The van der Waals surface area contributed by atoms with E-state index < -0.39 is 0 Å². The summed E-state index contributed by atoms with van der Waals surface area (Å²) in [5.41, 5.74) is 0.531. The van der Waals surface area contributed by atoms with Crippen molar-refractivity contribution in [2.24, 2.45) is 5.92 Å². The zero-order valence-corrected chi connectivity index (χ0v) is 12.5. The molecule has 6 heteroatoms. The van der Waals surface area contributed by atoms with Crippen LogP contribution >= 0.6 is 0 Å². The molecule has 1 aliphatic rings. The Morgan fingerprint density at radius 2 is 2.19 bits per heavy atom. The maximum atomic E-state index is 11.3. The van der Waals surface area contributed by atoms with Crippen LogP contribution < -0.4 is 10.1 Å². The van der Waals surface area contributed by atoms with Crippen LogP contribution in [0.15, 0.2) is 18.2 Å². The van der Waals surface area contributed by atoms with E-state index in [-0.39, 0.29) is 16.7 Å². The van der Waals surface area contributed by atoms with Crippen LogP contribution in [-0.4, -0.2) is 30.8 Å². The van der Waals surface area contributed by atoms with Crippen LogP contribution in [-0.2, 0) is 4.74 Å². The zero-order valence-electron chi connectivity index (χ0n) is 12.5. The SMILES string of the molecule is CCOc1cccc(NC(C)C2CCOCC2)c1[N+](=O)[O-]. The second kappa shape index (κ2) is 7.26. The number of nitro benzene ring substituents is 1. The lowest BCUT2D eigenvalue weighted by Gasteiger charge is -2.29. The number of benzene rings is 1. The molecule has 1 unspecified atom stereocenters. The van der Waals surface area contributed by atoms with E-state index in [9.17, 15) is 10.1 Å². The number of nitrogens with one attached hydrogen (secondary N) is 1. The summed E-state index contributed by atoms with van der Waals surface area (Å²) >= 11 is 0. The second-order valence-corrected chi connectivity index (χ2v) is 5.23. The fourth-order valence-corrected chi connectivity index (χ4v) is 2.68. The first-order chi connectivity index (χ1) is 10.1. The molecule has 0 bridgehead atoms. The maximum absolute atomic E-state index is 11.3. The smallest absolute Gasteiger partial charge is 0.333 e. The van der Waals surface area contributed by atoms with Crippen LogP contribution in [0.25, 0.3) is 0 Å².